The molecule has 0 radical (unpaired) electrons. The third-order valence-corrected chi connectivity index (χ3v) is 6.15. The number of nitrogens with one attached hydrogen (secondary N) is 1. The van der Waals surface area contributed by atoms with Gasteiger partial charge in [0.1, 0.15) is 6.61 Å². The van der Waals surface area contributed by atoms with Crippen LogP contribution in [0.3, 0.4) is 0 Å². The van der Waals surface area contributed by atoms with Gasteiger partial charge in [0, 0.05) is 23.0 Å². The molecule has 3 aromatic rings. The Hall–Kier alpha value is -3.69. The number of carboxylic acids is 1. The number of rotatable bonds is 7. The van der Waals surface area contributed by atoms with Gasteiger partial charge in [0.05, 0.1) is 5.69 Å². The number of halogens is 1. The van der Waals surface area contributed by atoms with Gasteiger partial charge >= 0.3 is 12.1 Å². The number of anilines is 1. The van der Waals surface area contributed by atoms with Crippen molar-refractivity contribution in [2.24, 2.45) is 0 Å². The fourth-order valence-electron chi connectivity index (χ4n) is 3.89. The van der Waals surface area contributed by atoms with E-state index in [9.17, 15) is 14.4 Å². The van der Waals surface area contributed by atoms with Gasteiger partial charge in [0.25, 0.3) is 5.91 Å². The van der Waals surface area contributed by atoms with Gasteiger partial charge in [-0.05, 0) is 56.4 Å². The molecule has 34 heavy (non-hydrogen) atoms. The van der Waals surface area contributed by atoms with Crippen molar-refractivity contribution in [3.8, 4) is 11.1 Å². The summed E-state index contributed by atoms with van der Waals surface area (Å²) in [4.78, 5) is 40.6. The first-order valence-electron chi connectivity index (χ1n) is 10.4. The van der Waals surface area contributed by atoms with Gasteiger partial charge in [0.2, 0.25) is 0 Å². The topological polar surface area (TPSA) is 105 Å². The molecule has 0 saturated carbocycles. The van der Waals surface area contributed by atoms with Crippen LogP contribution in [0.2, 0.25) is 0 Å². The molecule has 2 N–H and O–H groups in total. The molecule has 0 saturated heterocycles. The quantitative estimate of drug-likeness (QED) is 0.426. The summed E-state index contributed by atoms with van der Waals surface area (Å²) in [7, 11) is 1.31. The summed E-state index contributed by atoms with van der Waals surface area (Å²) in [6.07, 6.45) is -0.664. The maximum Gasteiger partial charge on any atom is 0.411 e. The monoisotopic (exact) mass is 524 g/mol. The lowest BCUT2D eigenvalue weighted by Gasteiger charge is -2.17. The number of carbonyl (C=O) groups is 3. The van der Waals surface area contributed by atoms with Crippen LogP contribution < -0.4 is 5.32 Å². The summed E-state index contributed by atoms with van der Waals surface area (Å²) < 4.78 is 6.10. The second-order valence-corrected chi connectivity index (χ2v) is 8.47. The number of hydroxylamine groups is 2. The van der Waals surface area contributed by atoms with Crippen molar-refractivity contribution in [1.82, 2.24) is 5.06 Å². The number of benzene rings is 3. The zero-order valence-electron chi connectivity index (χ0n) is 18.2. The molecule has 1 aliphatic carbocycles. The third kappa shape index (κ3) is 4.95. The van der Waals surface area contributed by atoms with Crippen molar-refractivity contribution in [3.63, 3.8) is 0 Å². The van der Waals surface area contributed by atoms with Gasteiger partial charge in [-0.3, -0.25) is 14.9 Å². The van der Waals surface area contributed by atoms with E-state index in [0.717, 1.165) is 27.3 Å². The molecule has 9 heteroatoms. The Kier molecular flexibility index (Phi) is 6.95. The van der Waals surface area contributed by atoms with Gasteiger partial charge in [-0.25, -0.2) is 14.7 Å². The Morgan fingerprint density at radius 3 is 2.24 bits per heavy atom. The van der Waals surface area contributed by atoms with Crippen LogP contribution in [0.1, 0.15) is 27.4 Å². The first-order chi connectivity index (χ1) is 16.3. The first kappa shape index (κ1) is 23.5. The molecule has 0 fully saturated rings. The van der Waals surface area contributed by atoms with Gasteiger partial charge in [-0.2, -0.15) is 0 Å². The molecule has 0 spiro atoms. The molecule has 0 unspecified atom stereocenters. The molecule has 3 aromatic carbocycles. The molecule has 4 rings (SSSR count). The predicted molar refractivity (Wildman–Crippen MR) is 129 cm³/mol. The second kappa shape index (κ2) is 10.1. The number of carbonyl (C=O) groups excluding carboxylic acids is 2. The molecule has 0 aromatic heterocycles. The number of hydrogen-bond acceptors (Lipinski definition) is 5. The normalized spacial score (nSPS) is 11.9. The van der Waals surface area contributed by atoms with E-state index >= 15 is 0 Å². The zero-order valence-corrected chi connectivity index (χ0v) is 19.7. The molecule has 2 amide bonds. The number of ether oxygens (including phenoxy) is 1. The van der Waals surface area contributed by atoms with Crippen LogP contribution in [0, 0.1) is 0 Å². The summed E-state index contributed by atoms with van der Waals surface area (Å²) in [6.45, 7) is -0.495. The Balaban J connectivity index is 1.43. The summed E-state index contributed by atoms with van der Waals surface area (Å²) in [5, 5.41) is 12.2. The second-order valence-electron chi connectivity index (χ2n) is 7.61. The fourth-order valence-corrected chi connectivity index (χ4v) is 4.24. The van der Waals surface area contributed by atoms with Crippen molar-refractivity contribution in [2.75, 3.05) is 25.6 Å². The Morgan fingerprint density at radius 2 is 1.62 bits per heavy atom. The molecule has 174 valence electrons. The summed E-state index contributed by atoms with van der Waals surface area (Å²) >= 11 is 3.35. The maximum absolute atomic E-state index is 12.6. The molecule has 1 aliphatic rings. The number of aliphatic carboxylic acids is 1. The maximum atomic E-state index is 12.6. The van der Waals surface area contributed by atoms with Crippen molar-refractivity contribution >= 4 is 39.6 Å². The highest BCUT2D eigenvalue weighted by Gasteiger charge is 2.29. The SMILES string of the molecule is CN(OCC(=O)O)C(=O)c1ccc(Br)c(NC(=O)OCC2c3ccccc3-c3ccccc32)c1. The molecule has 0 bridgehead atoms. The van der Waals surface area contributed by atoms with E-state index in [1.165, 1.54) is 19.2 Å². The van der Waals surface area contributed by atoms with Crippen LogP contribution in [0.25, 0.3) is 11.1 Å². The smallest absolute Gasteiger partial charge is 0.411 e. The van der Waals surface area contributed by atoms with E-state index in [0.29, 0.717) is 10.2 Å². The third-order valence-electron chi connectivity index (χ3n) is 5.46. The van der Waals surface area contributed by atoms with E-state index < -0.39 is 24.6 Å². The largest absolute Gasteiger partial charge is 0.479 e. The Morgan fingerprint density at radius 1 is 1.00 bits per heavy atom. The van der Waals surface area contributed by atoms with Gasteiger partial charge in [0.15, 0.2) is 6.61 Å². The van der Waals surface area contributed by atoms with Crippen LogP contribution in [0.4, 0.5) is 10.5 Å². The minimum Gasteiger partial charge on any atom is -0.479 e. The summed E-state index contributed by atoms with van der Waals surface area (Å²) in [6, 6.07) is 20.7. The lowest BCUT2D eigenvalue weighted by atomic mass is 9.98. The Labute approximate surface area is 204 Å². The highest BCUT2D eigenvalue weighted by molar-refractivity contribution is 9.10. The van der Waals surface area contributed by atoms with Crippen molar-refractivity contribution < 1.29 is 29.1 Å². The molecule has 0 heterocycles. The van der Waals surface area contributed by atoms with Crippen molar-refractivity contribution in [2.45, 2.75) is 5.92 Å². The highest BCUT2D eigenvalue weighted by atomic mass is 79.9. The van der Waals surface area contributed by atoms with E-state index in [1.807, 2.05) is 36.4 Å². The minimum absolute atomic E-state index is 0.0745. The number of amides is 2. The van der Waals surface area contributed by atoms with Gasteiger partial charge < -0.3 is 9.84 Å². The lowest BCUT2D eigenvalue weighted by Crippen LogP contribution is -2.29. The van der Waals surface area contributed by atoms with Crippen molar-refractivity contribution in [3.05, 3.63) is 87.9 Å². The van der Waals surface area contributed by atoms with Crippen LogP contribution in [0.5, 0.6) is 0 Å². The highest BCUT2D eigenvalue weighted by Crippen LogP contribution is 2.44. The van der Waals surface area contributed by atoms with Gasteiger partial charge in [-0.1, -0.05) is 48.5 Å². The first-order valence-corrected chi connectivity index (χ1v) is 11.2. The van der Waals surface area contributed by atoms with E-state index in [4.69, 9.17) is 14.7 Å². The summed E-state index contributed by atoms with van der Waals surface area (Å²) in [5.41, 5.74) is 5.01. The van der Waals surface area contributed by atoms with Crippen LogP contribution in [0.15, 0.2) is 71.2 Å². The predicted octanol–water partition coefficient (Wildman–Crippen LogP) is 4.90. The standard InChI is InChI=1S/C25H21BrN2O6/c1-28(34-14-23(29)30)24(31)15-10-11-21(26)22(12-15)27-25(32)33-13-20-18-8-4-2-6-16(18)17-7-3-5-9-19(17)20/h2-12,20H,13-14H2,1H3,(H,27,32)(H,29,30). The van der Waals surface area contributed by atoms with E-state index in [1.54, 1.807) is 6.07 Å². The minimum atomic E-state index is -1.20. The van der Waals surface area contributed by atoms with Crippen LogP contribution in [-0.4, -0.2) is 48.4 Å². The van der Waals surface area contributed by atoms with E-state index in [-0.39, 0.29) is 18.1 Å². The average Bonchev–Trinajstić information content (AvgIpc) is 3.16. The number of nitrogens with zero attached hydrogens (tertiary/aromatic N) is 1. The number of fused-ring (bicyclic) bond motifs is 3. The average molecular weight is 525 g/mol. The van der Waals surface area contributed by atoms with E-state index in [2.05, 4.69) is 33.4 Å². The molecule has 8 nitrogen and oxygen atoms in total. The van der Waals surface area contributed by atoms with Crippen LogP contribution in [-0.2, 0) is 14.4 Å². The molecule has 0 aliphatic heterocycles. The number of hydrogen-bond donors (Lipinski definition) is 2. The van der Waals surface area contributed by atoms with Crippen LogP contribution >= 0.6 is 15.9 Å². The Bertz CT molecular complexity index is 1220. The summed E-state index contributed by atoms with van der Waals surface area (Å²) in [5.74, 6) is -1.84. The molecular formula is C25H21BrN2O6. The van der Waals surface area contributed by atoms with Gasteiger partial charge in [-0.15, -0.1) is 0 Å². The lowest BCUT2D eigenvalue weighted by molar-refractivity contribution is -0.159. The van der Waals surface area contributed by atoms with Crippen molar-refractivity contribution in [1.29, 1.82) is 0 Å². The zero-order chi connectivity index (χ0) is 24.2. The molecule has 0 atom stereocenters. The number of carboxylic acid groups (broad SMARTS) is 1. The molecular weight excluding hydrogens is 504 g/mol. The fraction of sp³-hybridized carbons (Fsp3) is 0.160.